The maximum atomic E-state index is 12.1. The van der Waals surface area contributed by atoms with Gasteiger partial charge in [-0.15, -0.1) is 0 Å². The highest BCUT2D eigenvalue weighted by Crippen LogP contribution is 2.32. The van der Waals surface area contributed by atoms with E-state index in [4.69, 9.17) is 0 Å². The van der Waals surface area contributed by atoms with Crippen molar-refractivity contribution in [3.05, 3.63) is 45.1 Å². The van der Waals surface area contributed by atoms with E-state index in [9.17, 15) is 14.7 Å². The Morgan fingerprint density at radius 3 is 2.86 bits per heavy atom. The summed E-state index contributed by atoms with van der Waals surface area (Å²) in [7, 11) is 1.57. The normalized spacial score (nSPS) is 13.8. The average molecular weight is 299 g/mol. The predicted molar refractivity (Wildman–Crippen MR) is 80.7 cm³/mol. The maximum absolute atomic E-state index is 12.1. The Morgan fingerprint density at radius 1 is 1.27 bits per heavy atom. The number of fused-ring (bicyclic) bond motifs is 3. The largest absolute Gasteiger partial charge is 0.508 e. The van der Waals surface area contributed by atoms with E-state index in [1.54, 1.807) is 29.8 Å². The molecule has 0 fully saturated rings. The Labute approximate surface area is 123 Å². The van der Waals surface area contributed by atoms with E-state index in [1.807, 2.05) is 11.0 Å². The molecule has 0 radical (unpaired) electrons. The third-order valence-electron chi connectivity index (χ3n) is 3.92. The summed E-state index contributed by atoms with van der Waals surface area (Å²) < 4.78 is 3.11. The van der Waals surface area contributed by atoms with Crippen molar-refractivity contribution < 1.29 is 5.11 Å². The van der Waals surface area contributed by atoms with Crippen molar-refractivity contribution in [2.24, 2.45) is 7.05 Å². The van der Waals surface area contributed by atoms with E-state index >= 15 is 0 Å². The number of nitrogens with one attached hydrogen (secondary N) is 1. The fourth-order valence-corrected chi connectivity index (χ4v) is 2.85. The number of hydrogen-bond donors (Lipinski definition) is 2. The number of phenolic OH excluding ortho intramolecular Hbond substituents is 1. The van der Waals surface area contributed by atoms with Gasteiger partial charge in [0.25, 0.3) is 5.56 Å². The number of rotatable bonds is 1. The van der Waals surface area contributed by atoms with Crippen LogP contribution in [0.1, 0.15) is 0 Å². The van der Waals surface area contributed by atoms with Crippen LogP contribution in [0.5, 0.6) is 5.75 Å². The zero-order valence-electron chi connectivity index (χ0n) is 11.8. The summed E-state index contributed by atoms with van der Waals surface area (Å²) in [6.07, 6.45) is 0. The van der Waals surface area contributed by atoms with Crippen LogP contribution in [0.15, 0.2) is 33.9 Å². The molecule has 0 amide bonds. The third-order valence-corrected chi connectivity index (χ3v) is 3.92. The third kappa shape index (κ3) is 1.60. The molecule has 8 heteroatoms. The second kappa shape index (κ2) is 4.23. The topological polar surface area (TPSA) is 96.2 Å². The summed E-state index contributed by atoms with van der Waals surface area (Å²) in [5, 5.41) is 9.63. The van der Waals surface area contributed by atoms with Gasteiger partial charge in [-0.2, -0.15) is 4.98 Å². The molecule has 0 spiro atoms. The molecule has 112 valence electrons. The predicted octanol–water partition coefficient (Wildman–Crippen LogP) is 0.281. The summed E-state index contributed by atoms with van der Waals surface area (Å²) in [6.45, 7) is 1.23. The summed E-state index contributed by atoms with van der Waals surface area (Å²) in [6, 6.07) is 6.84. The fraction of sp³-hybridized carbons (Fsp3) is 0.214. The number of phenols is 1. The molecule has 3 aromatic rings. The van der Waals surface area contributed by atoms with Crippen LogP contribution >= 0.6 is 0 Å². The molecular weight excluding hydrogens is 286 g/mol. The van der Waals surface area contributed by atoms with Gasteiger partial charge < -0.3 is 14.6 Å². The zero-order chi connectivity index (χ0) is 15.4. The van der Waals surface area contributed by atoms with Crippen LogP contribution in [0.25, 0.3) is 11.2 Å². The monoisotopic (exact) mass is 299 g/mol. The Hall–Kier alpha value is -3.03. The first kappa shape index (κ1) is 12.7. The van der Waals surface area contributed by atoms with E-state index < -0.39 is 11.2 Å². The second-order valence-electron chi connectivity index (χ2n) is 5.23. The molecule has 1 aliphatic heterocycles. The Balaban J connectivity index is 1.98. The number of aromatic hydroxyl groups is 1. The molecule has 8 nitrogen and oxygen atoms in total. The number of aromatic nitrogens is 4. The van der Waals surface area contributed by atoms with E-state index in [0.717, 1.165) is 5.69 Å². The molecule has 0 saturated carbocycles. The molecule has 2 N–H and O–H groups in total. The van der Waals surface area contributed by atoms with E-state index in [0.29, 0.717) is 30.2 Å². The number of imidazole rings is 1. The van der Waals surface area contributed by atoms with Gasteiger partial charge in [-0.25, -0.2) is 4.79 Å². The molecule has 0 saturated heterocycles. The lowest BCUT2D eigenvalue weighted by atomic mass is 10.3. The van der Waals surface area contributed by atoms with Crippen LogP contribution in [-0.2, 0) is 13.6 Å². The van der Waals surface area contributed by atoms with E-state index in [1.165, 1.54) is 4.57 Å². The van der Waals surface area contributed by atoms with Crippen molar-refractivity contribution >= 4 is 22.8 Å². The number of anilines is 2. The van der Waals surface area contributed by atoms with Crippen molar-refractivity contribution in [1.82, 2.24) is 19.1 Å². The van der Waals surface area contributed by atoms with Gasteiger partial charge in [-0.1, -0.05) is 6.07 Å². The van der Waals surface area contributed by atoms with Gasteiger partial charge in [0.1, 0.15) is 5.75 Å². The second-order valence-corrected chi connectivity index (χ2v) is 5.23. The van der Waals surface area contributed by atoms with Gasteiger partial charge in [0.05, 0.1) is 0 Å². The molecular formula is C14H13N5O3. The van der Waals surface area contributed by atoms with Crippen molar-refractivity contribution in [3.8, 4) is 5.75 Å². The van der Waals surface area contributed by atoms with Crippen molar-refractivity contribution in [2.75, 3.05) is 11.4 Å². The minimum absolute atomic E-state index is 0.164. The quantitative estimate of drug-likeness (QED) is 0.673. The number of benzene rings is 1. The molecule has 22 heavy (non-hydrogen) atoms. The highest BCUT2D eigenvalue weighted by atomic mass is 16.3. The molecule has 3 heterocycles. The lowest BCUT2D eigenvalue weighted by molar-refractivity contribution is 0.475. The van der Waals surface area contributed by atoms with Crippen LogP contribution in [0, 0.1) is 0 Å². The van der Waals surface area contributed by atoms with Crippen LogP contribution in [0.2, 0.25) is 0 Å². The van der Waals surface area contributed by atoms with Crippen LogP contribution in [0.4, 0.5) is 11.6 Å². The average Bonchev–Trinajstić information content (AvgIpc) is 3.03. The lowest BCUT2D eigenvalue weighted by Gasteiger charge is -2.15. The van der Waals surface area contributed by atoms with Gasteiger partial charge >= 0.3 is 5.69 Å². The summed E-state index contributed by atoms with van der Waals surface area (Å²) >= 11 is 0. The molecule has 0 unspecified atom stereocenters. The highest BCUT2D eigenvalue weighted by Gasteiger charge is 2.27. The van der Waals surface area contributed by atoms with Gasteiger partial charge in [-0.05, 0) is 12.1 Å². The van der Waals surface area contributed by atoms with Gasteiger partial charge in [0.2, 0.25) is 5.95 Å². The van der Waals surface area contributed by atoms with Crippen LogP contribution < -0.4 is 16.1 Å². The molecule has 4 rings (SSSR count). The first-order valence-corrected chi connectivity index (χ1v) is 6.82. The van der Waals surface area contributed by atoms with Crippen molar-refractivity contribution in [1.29, 1.82) is 0 Å². The summed E-state index contributed by atoms with van der Waals surface area (Å²) in [5.74, 6) is 0.754. The minimum atomic E-state index is -0.488. The first-order chi connectivity index (χ1) is 10.6. The Morgan fingerprint density at radius 2 is 2.09 bits per heavy atom. The standard InChI is InChI=1S/C14H13N5O3/c1-17-11-10(12(21)16-14(17)22)19-6-5-18(13(19)15-11)8-3-2-4-9(20)7-8/h2-4,7,20H,5-6H2,1H3,(H,16,21,22). The number of aryl methyl sites for hydroxylation is 1. The van der Waals surface area contributed by atoms with Gasteiger partial charge in [0.15, 0.2) is 11.2 Å². The zero-order valence-corrected chi connectivity index (χ0v) is 11.8. The highest BCUT2D eigenvalue weighted by molar-refractivity contribution is 5.77. The molecule has 1 aromatic carbocycles. The lowest BCUT2D eigenvalue weighted by Crippen LogP contribution is -2.29. The van der Waals surface area contributed by atoms with Crippen molar-refractivity contribution in [3.63, 3.8) is 0 Å². The van der Waals surface area contributed by atoms with Crippen molar-refractivity contribution in [2.45, 2.75) is 6.54 Å². The Kier molecular flexibility index (Phi) is 2.44. The van der Waals surface area contributed by atoms with Gasteiger partial charge in [0, 0.05) is 31.9 Å². The van der Waals surface area contributed by atoms with E-state index in [-0.39, 0.29) is 5.75 Å². The van der Waals surface area contributed by atoms with Gasteiger partial charge in [-0.3, -0.25) is 14.3 Å². The maximum Gasteiger partial charge on any atom is 0.329 e. The number of nitrogens with zero attached hydrogens (tertiary/aromatic N) is 4. The summed E-state index contributed by atoms with van der Waals surface area (Å²) in [5.41, 5.74) is 0.608. The Bertz CT molecular complexity index is 1010. The van der Waals surface area contributed by atoms with Crippen LogP contribution in [-0.4, -0.2) is 30.8 Å². The van der Waals surface area contributed by atoms with E-state index in [2.05, 4.69) is 9.97 Å². The molecule has 2 aromatic heterocycles. The number of H-pyrrole nitrogens is 1. The first-order valence-electron chi connectivity index (χ1n) is 6.82. The fourth-order valence-electron chi connectivity index (χ4n) is 2.85. The summed E-state index contributed by atoms with van der Waals surface area (Å²) in [4.78, 5) is 32.4. The smallest absolute Gasteiger partial charge is 0.329 e. The molecule has 0 bridgehead atoms. The minimum Gasteiger partial charge on any atom is -0.508 e. The number of aromatic amines is 1. The molecule has 0 atom stereocenters. The molecule has 1 aliphatic rings. The van der Waals surface area contributed by atoms with Crippen LogP contribution in [0.3, 0.4) is 0 Å². The SMILES string of the molecule is Cn1c(=O)[nH]c(=O)c2c1nc1n2CCN1c1cccc(O)c1. The molecule has 0 aliphatic carbocycles. The number of hydrogen-bond acceptors (Lipinski definition) is 5.